The molecule has 0 bridgehead atoms. The van der Waals surface area contributed by atoms with E-state index < -0.39 is 10.9 Å². The number of carbonyl (C=O) groups is 2. The van der Waals surface area contributed by atoms with Gasteiger partial charge in [-0.05, 0) is 32.0 Å². The summed E-state index contributed by atoms with van der Waals surface area (Å²) in [5, 5.41) is 22.7. The number of hydrogen-bond acceptors (Lipinski definition) is 6. The fourth-order valence-electron chi connectivity index (χ4n) is 3.02. The standard InChI is InChI=1S/C16H21ClN4O5.ClH/c1-19(10-16(23)24)12-4-6-20(7-5-12)9-15(22)18-13-3-2-11(17)8-14(13)21(25)26;/h2-3,8,12H,4-7,9-10H2,1H3,(H,18,22)(H,23,24);1H. The van der Waals surface area contributed by atoms with Gasteiger partial charge in [-0.2, -0.15) is 0 Å². The Kier molecular flexibility index (Phi) is 8.91. The van der Waals surface area contributed by atoms with Gasteiger partial charge in [0.25, 0.3) is 5.69 Å². The number of nitrogens with zero attached hydrogens (tertiary/aromatic N) is 3. The van der Waals surface area contributed by atoms with Crippen LogP contribution in [0.25, 0.3) is 0 Å². The molecule has 1 amide bonds. The van der Waals surface area contributed by atoms with Gasteiger partial charge in [-0.25, -0.2) is 0 Å². The second-order valence-corrected chi connectivity index (χ2v) is 6.72. The molecule has 0 saturated carbocycles. The van der Waals surface area contributed by atoms with Crippen molar-refractivity contribution in [1.82, 2.24) is 9.80 Å². The Morgan fingerprint density at radius 1 is 1.41 bits per heavy atom. The highest BCUT2D eigenvalue weighted by atomic mass is 35.5. The van der Waals surface area contributed by atoms with Crippen molar-refractivity contribution in [2.45, 2.75) is 18.9 Å². The first-order valence-corrected chi connectivity index (χ1v) is 8.52. The summed E-state index contributed by atoms with van der Waals surface area (Å²) < 4.78 is 0. The molecule has 1 aliphatic heterocycles. The van der Waals surface area contributed by atoms with Gasteiger partial charge in [0, 0.05) is 30.2 Å². The number of carboxylic acid groups (broad SMARTS) is 1. The van der Waals surface area contributed by atoms with Crippen LogP contribution in [0.1, 0.15) is 12.8 Å². The minimum atomic E-state index is -0.862. The highest BCUT2D eigenvalue weighted by Crippen LogP contribution is 2.27. The monoisotopic (exact) mass is 420 g/mol. The Hall–Kier alpha value is -1.94. The molecule has 0 aliphatic carbocycles. The number of likely N-dealkylation sites (tertiary alicyclic amines) is 1. The molecule has 150 valence electrons. The third kappa shape index (κ3) is 6.94. The number of halogens is 2. The maximum Gasteiger partial charge on any atom is 0.317 e. The maximum absolute atomic E-state index is 12.2. The Balaban J connectivity index is 0.00000364. The summed E-state index contributed by atoms with van der Waals surface area (Å²) >= 11 is 5.76. The summed E-state index contributed by atoms with van der Waals surface area (Å²) in [7, 11) is 1.78. The largest absolute Gasteiger partial charge is 0.480 e. The van der Waals surface area contributed by atoms with Crippen LogP contribution in [0.2, 0.25) is 5.02 Å². The van der Waals surface area contributed by atoms with E-state index in [1.54, 1.807) is 11.9 Å². The summed E-state index contributed by atoms with van der Waals surface area (Å²) in [6, 6.07) is 4.25. The van der Waals surface area contributed by atoms with Gasteiger partial charge in [-0.1, -0.05) is 11.6 Å². The lowest BCUT2D eigenvalue weighted by atomic mass is 10.0. The van der Waals surface area contributed by atoms with Crippen LogP contribution < -0.4 is 5.32 Å². The smallest absolute Gasteiger partial charge is 0.317 e. The summed E-state index contributed by atoms with van der Waals surface area (Å²) in [4.78, 5) is 37.2. The SMILES string of the molecule is CN(CC(=O)O)C1CCN(CC(=O)Nc2ccc(Cl)cc2[N+](=O)[O-])CC1.Cl. The van der Waals surface area contributed by atoms with Crippen molar-refractivity contribution < 1.29 is 19.6 Å². The summed E-state index contributed by atoms with van der Waals surface area (Å²) in [5.74, 6) is -1.20. The molecule has 9 nitrogen and oxygen atoms in total. The Labute approximate surface area is 167 Å². The third-order valence-electron chi connectivity index (χ3n) is 4.36. The van der Waals surface area contributed by atoms with E-state index in [0.717, 1.165) is 12.8 Å². The van der Waals surface area contributed by atoms with Gasteiger partial charge in [0.1, 0.15) is 5.69 Å². The number of nitrogens with one attached hydrogen (secondary N) is 1. The van der Waals surface area contributed by atoms with Crippen LogP contribution in [-0.4, -0.2) is 71.0 Å². The third-order valence-corrected chi connectivity index (χ3v) is 4.60. The minimum Gasteiger partial charge on any atom is -0.480 e. The molecule has 2 rings (SSSR count). The van der Waals surface area contributed by atoms with Crippen molar-refractivity contribution in [3.8, 4) is 0 Å². The van der Waals surface area contributed by atoms with Gasteiger partial charge in [0.2, 0.25) is 5.91 Å². The molecular weight excluding hydrogens is 399 g/mol. The Morgan fingerprint density at radius 2 is 2.04 bits per heavy atom. The van der Waals surface area contributed by atoms with E-state index in [1.165, 1.54) is 18.2 Å². The second kappa shape index (κ2) is 10.4. The van der Waals surface area contributed by atoms with Crippen LogP contribution in [0, 0.1) is 10.1 Å². The van der Waals surface area contributed by atoms with Crippen LogP contribution in [0.3, 0.4) is 0 Å². The topological polar surface area (TPSA) is 116 Å². The maximum atomic E-state index is 12.2. The number of likely N-dealkylation sites (N-methyl/N-ethyl adjacent to an activating group) is 1. The van der Waals surface area contributed by atoms with Crippen LogP contribution in [0.5, 0.6) is 0 Å². The predicted molar refractivity (Wildman–Crippen MR) is 104 cm³/mol. The second-order valence-electron chi connectivity index (χ2n) is 6.28. The molecular formula is C16H22Cl2N4O5. The van der Waals surface area contributed by atoms with Crippen molar-refractivity contribution >= 4 is 47.3 Å². The van der Waals surface area contributed by atoms with Gasteiger partial charge >= 0.3 is 5.97 Å². The summed E-state index contributed by atoms with van der Waals surface area (Å²) in [6.07, 6.45) is 1.52. The first-order valence-electron chi connectivity index (χ1n) is 8.14. The highest BCUT2D eigenvalue weighted by Gasteiger charge is 2.25. The zero-order valence-corrected chi connectivity index (χ0v) is 16.3. The number of carboxylic acids is 1. The first kappa shape index (κ1) is 23.1. The molecule has 0 radical (unpaired) electrons. The zero-order valence-electron chi connectivity index (χ0n) is 14.8. The quantitative estimate of drug-likeness (QED) is 0.512. The number of aliphatic carboxylic acids is 1. The summed E-state index contributed by atoms with van der Waals surface area (Å²) in [6.45, 7) is 1.43. The number of carbonyl (C=O) groups excluding carboxylic acids is 1. The van der Waals surface area contributed by atoms with E-state index in [2.05, 4.69) is 5.32 Å². The highest BCUT2D eigenvalue weighted by molar-refractivity contribution is 6.31. The normalized spacial score (nSPS) is 15.2. The Morgan fingerprint density at radius 3 is 2.59 bits per heavy atom. The van der Waals surface area contributed by atoms with Crippen molar-refractivity contribution in [1.29, 1.82) is 0 Å². The van der Waals surface area contributed by atoms with Crippen LogP contribution in [0.4, 0.5) is 11.4 Å². The molecule has 1 fully saturated rings. The lowest BCUT2D eigenvalue weighted by Crippen LogP contribution is -2.46. The fraction of sp³-hybridized carbons (Fsp3) is 0.500. The van der Waals surface area contributed by atoms with Crippen LogP contribution in [-0.2, 0) is 9.59 Å². The number of nitro benzene ring substituents is 1. The van der Waals surface area contributed by atoms with Gasteiger partial charge < -0.3 is 10.4 Å². The number of amides is 1. The molecule has 1 aromatic carbocycles. The molecule has 27 heavy (non-hydrogen) atoms. The number of nitro groups is 1. The van der Waals surface area contributed by atoms with E-state index in [4.69, 9.17) is 16.7 Å². The first-order chi connectivity index (χ1) is 12.3. The summed E-state index contributed by atoms with van der Waals surface area (Å²) in [5.41, 5.74) is -0.139. The lowest BCUT2D eigenvalue weighted by molar-refractivity contribution is -0.383. The molecule has 0 aromatic heterocycles. The molecule has 0 unspecified atom stereocenters. The van der Waals surface area contributed by atoms with E-state index in [9.17, 15) is 19.7 Å². The van der Waals surface area contributed by atoms with Gasteiger partial charge in [-0.3, -0.25) is 29.5 Å². The Bertz CT molecular complexity index is 695. The van der Waals surface area contributed by atoms with Gasteiger partial charge in [0.05, 0.1) is 18.0 Å². The van der Waals surface area contributed by atoms with Gasteiger partial charge in [0.15, 0.2) is 0 Å². The minimum absolute atomic E-state index is 0. The molecule has 2 N–H and O–H groups in total. The number of piperidine rings is 1. The van der Waals surface area contributed by atoms with Crippen molar-refractivity contribution in [3.05, 3.63) is 33.3 Å². The lowest BCUT2D eigenvalue weighted by Gasteiger charge is -2.35. The van der Waals surface area contributed by atoms with E-state index >= 15 is 0 Å². The van der Waals surface area contributed by atoms with Gasteiger partial charge in [-0.15, -0.1) is 12.4 Å². The predicted octanol–water partition coefficient (Wildman–Crippen LogP) is 2.09. The number of rotatable bonds is 7. The molecule has 1 saturated heterocycles. The van der Waals surface area contributed by atoms with E-state index in [0.29, 0.717) is 13.1 Å². The molecule has 1 aromatic rings. The van der Waals surface area contributed by atoms with Crippen molar-refractivity contribution in [3.63, 3.8) is 0 Å². The van der Waals surface area contributed by atoms with Crippen LogP contribution in [0.15, 0.2) is 18.2 Å². The van der Waals surface area contributed by atoms with Crippen molar-refractivity contribution in [2.75, 3.05) is 38.5 Å². The average Bonchev–Trinajstić information content (AvgIpc) is 2.56. The number of hydrogen-bond donors (Lipinski definition) is 2. The number of anilines is 1. The van der Waals surface area contributed by atoms with E-state index in [1.807, 2.05) is 4.90 Å². The zero-order chi connectivity index (χ0) is 19.3. The van der Waals surface area contributed by atoms with E-state index in [-0.39, 0.29) is 53.8 Å². The number of benzene rings is 1. The average molecular weight is 421 g/mol. The fourth-order valence-corrected chi connectivity index (χ4v) is 3.18. The molecule has 11 heteroatoms. The molecule has 1 heterocycles. The molecule has 0 spiro atoms. The van der Waals surface area contributed by atoms with Crippen molar-refractivity contribution in [2.24, 2.45) is 0 Å². The molecule has 1 aliphatic rings. The van der Waals surface area contributed by atoms with Crippen LogP contribution >= 0.6 is 24.0 Å². The molecule has 0 atom stereocenters.